The first-order valence-corrected chi connectivity index (χ1v) is 5.52. The standard InChI is InChI=1S/C7H4IN3O2S/c8-4-1-9-11(2-4)7-10-5(3-14-7)6(12)13/h1-3H,(H,12,13). The second-order valence-electron chi connectivity index (χ2n) is 2.42. The summed E-state index contributed by atoms with van der Waals surface area (Å²) >= 11 is 3.37. The largest absolute Gasteiger partial charge is 0.476 e. The zero-order valence-corrected chi connectivity index (χ0v) is 9.69. The van der Waals surface area contributed by atoms with Crippen molar-refractivity contribution in [2.24, 2.45) is 0 Å². The Hall–Kier alpha value is -0.960. The average Bonchev–Trinajstić information content (AvgIpc) is 2.70. The highest BCUT2D eigenvalue weighted by Gasteiger charge is 2.10. The molecule has 1 N–H and O–H groups in total. The van der Waals surface area contributed by atoms with E-state index in [1.54, 1.807) is 17.1 Å². The van der Waals surface area contributed by atoms with Crippen LogP contribution in [0.2, 0.25) is 0 Å². The van der Waals surface area contributed by atoms with Crippen molar-refractivity contribution < 1.29 is 9.90 Å². The van der Waals surface area contributed by atoms with Gasteiger partial charge in [0.25, 0.3) is 0 Å². The summed E-state index contributed by atoms with van der Waals surface area (Å²) in [7, 11) is 0. The molecule has 0 amide bonds. The zero-order chi connectivity index (χ0) is 10.1. The van der Waals surface area contributed by atoms with Gasteiger partial charge in [0.15, 0.2) is 5.69 Å². The molecule has 0 aliphatic heterocycles. The summed E-state index contributed by atoms with van der Waals surface area (Å²) in [6.45, 7) is 0. The van der Waals surface area contributed by atoms with E-state index >= 15 is 0 Å². The molecule has 2 rings (SSSR count). The molecular weight excluding hydrogens is 317 g/mol. The predicted molar refractivity (Wildman–Crippen MR) is 58.9 cm³/mol. The van der Waals surface area contributed by atoms with Crippen molar-refractivity contribution >= 4 is 39.9 Å². The Kier molecular flexibility index (Phi) is 2.50. The number of aromatic carboxylic acids is 1. The van der Waals surface area contributed by atoms with E-state index in [-0.39, 0.29) is 5.69 Å². The van der Waals surface area contributed by atoms with Crippen molar-refractivity contribution in [2.75, 3.05) is 0 Å². The third kappa shape index (κ3) is 1.77. The molecule has 14 heavy (non-hydrogen) atoms. The summed E-state index contributed by atoms with van der Waals surface area (Å²) in [5, 5.41) is 14.7. The van der Waals surface area contributed by atoms with Gasteiger partial charge in [-0.3, -0.25) is 0 Å². The van der Waals surface area contributed by atoms with E-state index in [0.717, 1.165) is 3.57 Å². The topological polar surface area (TPSA) is 68.0 Å². The molecule has 72 valence electrons. The highest BCUT2D eigenvalue weighted by Crippen LogP contribution is 2.15. The first-order valence-electron chi connectivity index (χ1n) is 3.56. The number of aromatic nitrogens is 3. The van der Waals surface area contributed by atoms with Gasteiger partial charge < -0.3 is 5.11 Å². The molecule has 0 spiro atoms. The molecule has 7 heteroatoms. The smallest absolute Gasteiger partial charge is 0.355 e. The lowest BCUT2D eigenvalue weighted by atomic mass is 10.5. The van der Waals surface area contributed by atoms with Gasteiger partial charge in [-0.05, 0) is 22.6 Å². The molecule has 0 saturated heterocycles. The van der Waals surface area contributed by atoms with Gasteiger partial charge in [0, 0.05) is 11.6 Å². The summed E-state index contributed by atoms with van der Waals surface area (Å²) in [6, 6.07) is 0. The molecule has 0 aliphatic carbocycles. The molecule has 0 unspecified atom stereocenters. The van der Waals surface area contributed by atoms with Crippen LogP contribution in [0.3, 0.4) is 0 Å². The fourth-order valence-corrected chi connectivity index (χ4v) is 1.99. The highest BCUT2D eigenvalue weighted by molar-refractivity contribution is 14.1. The van der Waals surface area contributed by atoms with Crippen LogP contribution in [0, 0.1) is 3.57 Å². The Morgan fingerprint density at radius 2 is 2.43 bits per heavy atom. The van der Waals surface area contributed by atoms with Crippen LogP contribution in [0.25, 0.3) is 5.13 Å². The summed E-state index contributed by atoms with van der Waals surface area (Å²) in [6.07, 6.45) is 3.47. The Morgan fingerprint density at radius 1 is 1.64 bits per heavy atom. The lowest BCUT2D eigenvalue weighted by Gasteiger charge is -1.91. The van der Waals surface area contributed by atoms with Gasteiger partial charge in [-0.1, -0.05) is 0 Å². The number of carbonyl (C=O) groups is 1. The van der Waals surface area contributed by atoms with Crippen molar-refractivity contribution in [1.82, 2.24) is 14.8 Å². The Labute approximate surface area is 96.5 Å². The second kappa shape index (κ2) is 3.65. The molecule has 0 radical (unpaired) electrons. The van der Waals surface area contributed by atoms with E-state index in [2.05, 4.69) is 32.7 Å². The predicted octanol–water partition coefficient (Wildman–Crippen LogP) is 1.63. The van der Waals surface area contributed by atoms with E-state index in [1.807, 2.05) is 0 Å². The van der Waals surface area contributed by atoms with Crippen LogP contribution in [0.5, 0.6) is 0 Å². The van der Waals surface area contributed by atoms with Gasteiger partial charge in [0.1, 0.15) is 0 Å². The summed E-state index contributed by atoms with van der Waals surface area (Å²) in [4.78, 5) is 14.5. The van der Waals surface area contributed by atoms with Crippen LogP contribution in [0.15, 0.2) is 17.8 Å². The van der Waals surface area contributed by atoms with Crippen LogP contribution < -0.4 is 0 Å². The van der Waals surface area contributed by atoms with Gasteiger partial charge in [0.05, 0.1) is 9.77 Å². The van der Waals surface area contributed by atoms with Crippen LogP contribution in [0.1, 0.15) is 10.5 Å². The maximum absolute atomic E-state index is 10.6. The Bertz CT molecular complexity index is 479. The molecule has 0 bridgehead atoms. The van der Waals surface area contributed by atoms with E-state index in [9.17, 15) is 4.79 Å². The number of rotatable bonds is 2. The van der Waals surface area contributed by atoms with Gasteiger partial charge in [0.2, 0.25) is 5.13 Å². The number of halogens is 1. The summed E-state index contributed by atoms with van der Waals surface area (Å²) in [5.74, 6) is -1.02. The maximum Gasteiger partial charge on any atom is 0.355 e. The van der Waals surface area contributed by atoms with Crippen LogP contribution in [-0.4, -0.2) is 25.8 Å². The van der Waals surface area contributed by atoms with Gasteiger partial charge in [-0.2, -0.15) is 5.10 Å². The van der Waals surface area contributed by atoms with Gasteiger partial charge in [-0.25, -0.2) is 14.5 Å². The van der Waals surface area contributed by atoms with Crippen molar-refractivity contribution in [3.8, 4) is 5.13 Å². The Morgan fingerprint density at radius 3 is 2.93 bits per heavy atom. The molecule has 0 fully saturated rings. The summed E-state index contributed by atoms with van der Waals surface area (Å²) < 4.78 is 2.54. The Balaban J connectivity index is 2.38. The van der Waals surface area contributed by atoms with Gasteiger partial charge in [-0.15, -0.1) is 11.3 Å². The number of carboxylic acid groups (broad SMARTS) is 1. The van der Waals surface area contributed by atoms with E-state index in [0.29, 0.717) is 5.13 Å². The highest BCUT2D eigenvalue weighted by atomic mass is 127. The molecule has 0 aliphatic rings. The van der Waals surface area contributed by atoms with E-state index in [1.165, 1.54) is 16.7 Å². The third-order valence-electron chi connectivity index (χ3n) is 1.46. The van der Waals surface area contributed by atoms with E-state index < -0.39 is 5.97 Å². The monoisotopic (exact) mass is 321 g/mol. The average molecular weight is 321 g/mol. The minimum absolute atomic E-state index is 0.0514. The molecule has 0 saturated carbocycles. The fourth-order valence-electron chi connectivity index (χ4n) is 0.873. The molecule has 2 aromatic rings. The number of carboxylic acids is 1. The van der Waals surface area contributed by atoms with Crippen molar-refractivity contribution in [3.05, 3.63) is 27.0 Å². The van der Waals surface area contributed by atoms with Crippen LogP contribution in [-0.2, 0) is 0 Å². The lowest BCUT2D eigenvalue weighted by Crippen LogP contribution is -1.98. The maximum atomic E-state index is 10.6. The SMILES string of the molecule is O=C(O)c1csc(-n2cc(I)cn2)n1. The number of hydrogen-bond acceptors (Lipinski definition) is 4. The lowest BCUT2D eigenvalue weighted by molar-refractivity contribution is 0.0691. The quantitative estimate of drug-likeness (QED) is 0.854. The molecule has 0 atom stereocenters. The number of nitrogens with zero attached hydrogens (tertiary/aromatic N) is 3. The summed E-state index contributed by atoms with van der Waals surface area (Å²) in [5.41, 5.74) is 0.0514. The minimum Gasteiger partial charge on any atom is -0.476 e. The molecular formula is C7H4IN3O2S. The molecule has 2 heterocycles. The molecule has 2 aromatic heterocycles. The molecule has 5 nitrogen and oxygen atoms in total. The fraction of sp³-hybridized carbons (Fsp3) is 0. The van der Waals surface area contributed by atoms with Crippen molar-refractivity contribution in [1.29, 1.82) is 0 Å². The zero-order valence-electron chi connectivity index (χ0n) is 6.72. The van der Waals surface area contributed by atoms with Crippen LogP contribution >= 0.6 is 33.9 Å². The van der Waals surface area contributed by atoms with Gasteiger partial charge >= 0.3 is 5.97 Å². The van der Waals surface area contributed by atoms with E-state index in [4.69, 9.17) is 5.11 Å². The third-order valence-corrected chi connectivity index (χ3v) is 2.85. The minimum atomic E-state index is -1.02. The van der Waals surface area contributed by atoms with Crippen molar-refractivity contribution in [3.63, 3.8) is 0 Å². The normalized spacial score (nSPS) is 10.4. The van der Waals surface area contributed by atoms with Crippen molar-refractivity contribution in [2.45, 2.75) is 0 Å². The second-order valence-corrected chi connectivity index (χ2v) is 4.51. The first kappa shape index (κ1) is 9.59. The first-order chi connectivity index (χ1) is 6.66. The number of hydrogen-bond donors (Lipinski definition) is 1. The molecule has 0 aromatic carbocycles. The number of thiazole rings is 1. The van der Waals surface area contributed by atoms with Crippen LogP contribution in [0.4, 0.5) is 0 Å².